The molecule has 0 unspecified atom stereocenters. The van der Waals surface area contributed by atoms with Crippen molar-refractivity contribution in [3.8, 4) is 11.5 Å². The van der Waals surface area contributed by atoms with Gasteiger partial charge in [0, 0.05) is 25.0 Å². The minimum absolute atomic E-state index is 0.0749. The van der Waals surface area contributed by atoms with Crippen LogP contribution in [0.3, 0.4) is 0 Å². The predicted molar refractivity (Wildman–Crippen MR) is 103 cm³/mol. The number of hydrogen-bond acceptors (Lipinski definition) is 6. The van der Waals surface area contributed by atoms with Crippen LogP contribution in [-0.2, 0) is 11.3 Å². The Morgan fingerprint density at radius 2 is 1.84 bits per heavy atom. The first kappa shape index (κ1) is 20.8. The number of hydrogen-bond donors (Lipinski definition) is 0. The molecule has 2 amide bonds. The maximum absolute atomic E-state index is 13.4. The summed E-state index contributed by atoms with van der Waals surface area (Å²) in [4.78, 5) is 20.6. The average Bonchev–Trinajstić information content (AvgIpc) is 3.30. The van der Waals surface area contributed by atoms with Crippen molar-refractivity contribution in [1.29, 1.82) is 0 Å². The van der Waals surface area contributed by atoms with Gasteiger partial charge in [-0.1, -0.05) is 0 Å². The van der Waals surface area contributed by atoms with E-state index in [0.29, 0.717) is 43.2 Å². The number of ether oxygens (including phenoxy) is 1. The molecule has 1 aliphatic heterocycles. The Morgan fingerprint density at radius 3 is 2.45 bits per heavy atom. The second kappa shape index (κ2) is 9.13. The highest BCUT2D eigenvalue weighted by Gasteiger charge is 2.25. The summed E-state index contributed by atoms with van der Waals surface area (Å²) in [5.74, 6) is -1.25. The van der Waals surface area contributed by atoms with Gasteiger partial charge in [0.25, 0.3) is 5.89 Å². The molecule has 2 aromatic heterocycles. The Balaban J connectivity index is 1.55. The molecule has 0 radical (unpaired) electrons. The zero-order chi connectivity index (χ0) is 21.8. The van der Waals surface area contributed by atoms with E-state index in [1.165, 1.54) is 35.4 Å². The van der Waals surface area contributed by atoms with E-state index in [2.05, 4.69) is 15.2 Å². The normalized spacial score (nSPS) is 14.1. The van der Waals surface area contributed by atoms with E-state index in [4.69, 9.17) is 9.15 Å². The highest BCUT2D eigenvalue weighted by molar-refractivity contribution is 5.92. The van der Waals surface area contributed by atoms with Crippen LogP contribution in [0.25, 0.3) is 11.5 Å². The minimum atomic E-state index is -2.86. The lowest BCUT2D eigenvalue weighted by molar-refractivity contribution is 0.0548. The van der Waals surface area contributed by atoms with Gasteiger partial charge in [0.05, 0.1) is 31.0 Å². The molecular formula is C20H18F3N5O3. The van der Waals surface area contributed by atoms with E-state index >= 15 is 0 Å². The number of nitrogens with zero attached hydrogens (tertiary/aromatic N) is 5. The number of alkyl halides is 2. The summed E-state index contributed by atoms with van der Waals surface area (Å²) in [5, 5.41) is 6.88. The lowest BCUT2D eigenvalue weighted by Gasteiger charge is -2.33. The Hall–Kier alpha value is -3.47. The van der Waals surface area contributed by atoms with Crippen molar-refractivity contribution in [1.82, 2.24) is 20.1 Å². The molecule has 3 heterocycles. The average molecular weight is 433 g/mol. The zero-order valence-corrected chi connectivity index (χ0v) is 16.2. The lowest BCUT2D eigenvalue weighted by Crippen LogP contribution is -2.48. The van der Waals surface area contributed by atoms with Crippen LogP contribution in [0, 0.1) is 5.82 Å². The topological polar surface area (TPSA) is 84.6 Å². The van der Waals surface area contributed by atoms with E-state index in [1.54, 1.807) is 17.0 Å². The highest BCUT2D eigenvalue weighted by atomic mass is 19.3. The van der Waals surface area contributed by atoms with Crippen LogP contribution >= 0.6 is 0 Å². The molecule has 0 saturated carbocycles. The second-order valence-electron chi connectivity index (χ2n) is 6.73. The third-order valence-electron chi connectivity index (χ3n) is 4.67. The maximum atomic E-state index is 13.4. The van der Waals surface area contributed by atoms with Crippen molar-refractivity contribution in [2.45, 2.75) is 13.0 Å². The number of urea groups is 1. The second-order valence-corrected chi connectivity index (χ2v) is 6.73. The van der Waals surface area contributed by atoms with E-state index in [9.17, 15) is 18.0 Å². The summed E-state index contributed by atoms with van der Waals surface area (Å²) in [5.41, 5.74) is 1.42. The largest absolute Gasteiger partial charge is 0.415 e. The number of pyridine rings is 1. The summed E-state index contributed by atoms with van der Waals surface area (Å²) in [6.45, 7) is 1.91. The summed E-state index contributed by atoms with van der Waals surface area (Å²) in [6.07, 6.45) is -1.45. The molecule has 0 spiro atoms. The quantitative estimate of drug-likeness (QED) is 0.611. The molecule has 1 saturated heterocycles. The molecule has 1 aromatic carbocycles. The Morgan fingerprint density at radius 1 is 1.10 bits per heavy atom. The molecule has 31 heavy (non-hydrogen) atoms. The molecule has 1 aliphatic rings. The monoisotopic (exact) mass is 433 g/mol. The van der Waals surface area contributed by atoms with Crippen molar-refractivity contribution in [2.24, 2.45) is 0 Å². The lowest BCUT2D eigenvalue weighted by atomic mass is 10.2. The van der Waals surface area contributed by atoms with Gasteiger partial charge < -0.3 is 14.1 Å². The first-order valence-electron chi connectivity index (χ1n) is 9.48. The molecule has 3 aromatic rings. The summed E-state index contributed by atoms with van der Waals surface area (Å²) < 4.78 is 48.9. The van der Waals surface area contributed by atoms with Crippen LogP contribution in [0.5, 0.6) is 0 Å². The van der Waals surface area contributed by atoms with E-state index in [0.717, 1.165) is 0 Å². The molecule has 1 fully saturated rings. The third kappa shape index (κ3) is 4.82. The van der Waals surface area contributed by atoms with Crippen molar-refractivity contribution in [2.75, 3.05) is 31.2 Å². The van der Waals surface area contributed by atoms with Gasteiger partial charge in [-0.15, -0.1) is 10.2 Å². The van der Waals surface area contributed by atoms with Gasteiger partial charge in [-0.2, -0.15) is 8.78 Å². The van der Waals surface area contributed by atoms with Gasteiger partial charge in [0.1, 0.15) is 5.82 Å². The molecule has 0 atom stereocenters. The molecule has 11 heteroatoms. The highest BCUT2D eigenvalue weighted by Crippen LogP contribution is 2.24. The Kier molecular flexibility index (Phi) is 6.12. The van der Waals surface area contributed by atoms with Crippen LogP contribution in [0.2, 0.25) is 0 Å². The first-order valence-corrected chi connectivity index (χ1v) is 9.48. The number of rotatable bonds is 5. The molecule has 4 rings (SSSR count). The van der Waals surface area contributed by atoms with Crippen molar-refractivity contribution in [3.05, 3.63) is 60.0 Å². The zero-order valence-electron chi connectivity index (χ0n) is 16.2. The number of carbonyl (C=O) groups excluding carboxylic acids is 1. The standard InChI is InChI=1S/C20H18F3N5O3/c21-14-2-5-16(6-3-14)28(20(29)27-7-9-30-10-8-27)12-15-4-1-13(11-24-15)18-25-26-19(31-18)17(22)23/h1-6,11,17H,7-10,12H2. The fourth-order valence-corrected chi connectivity index (χ4v) is 3.06. The molecule has 0 aliphatic carbocycles. The van der Waals surface area contributed by atoms with Crippen LogP contribution in [-0.4, -0.2) is 52.4 Å². The van der Waals surface area contributed by atoms with Crippen LogP contribution in [0.15, 0.2) is 47.0 Å². The number of anilines is 1. The van der Waals surface area contributed by atoms with E-state index in [1.807, 2.05) is 0 Å². The summed E-state index contributed by atoms with van der Waals surface area (Å²) in [6, 6.07) is 8.57. The summed E-state index contributed by atoms with van der Waals surface area (Å²) >= 11 is 0. The van der Waals surface area contributed by atoms with Gasteiger partial charge in [-0.3, -0.25) is 9.88 Å². The fraction of sp³-hybridized carbons (Fsp3) is 0.300. The van der Waals surface area contributed by atoms with Crippen molar-refractivity contribution in [3.63, 3.8) is 0 Å². The molecule has 8 nitrogen and oxygen atoms in total. The van der Waals surface area contributed by atoms with Crippen molar-refractivity contribution < 1.29 is 27.1 Å². The first-order chi connectivity index (χ1) is 15.0. The van der Waals surface area contributed by atoms with Gasteiger partial charge in [0.15, 0.2) is 0 Å². The van der Waals surface area contributed by atoms with Crippen LogP contribution in [0.1, 0.15) is 18.0 Å². The number of aromatic nitrogens is 3. The SMILES string of the molecule is O=C(N1CCOCC1)N(Cc1ccc(-c2nnc(C(F)F)o2)cn1)c1ccc(F)cc1. The maximum Gasteiger partial charge on any atom is 0.325 e. The number of benzene rings is 1. The fourth-order valence-electron chi connectivity index (χ4n) is 3.06. The summed E-state index contributed by atoms with van der Waals surface area (Å²) in [7, 11) is 0. The van der Waals surface area contributed by atoms with Gasteiger partial charge in [-0.05, 0) is 36.4 Å². The molecule has 0 N–H and O–H groups in total. The van der Waals surface area contributed by atoms with Crippen LogP contribution < -0.4 is 4.90 Å². The number of morpholine rings is 1. The molecule has 162 valence electrons. The van der Waals surface area contributed by atoms with E-state index in [-0.39, 0.29) is 18.5 Å². The third-order valence-corrected chi connectivity index (χ3v) is 4.67. The Labute approximate surface area is 175 Å². The number of amides is 2. The molecular weight excluding hydrogens is 415 g/mol. The smallest absolute Gasteiger partial charge is 0.325 e. The van der Waals surface area contributed by atoms with E-state index < -0.39 is 18.1 Å². The van der Waals surface area contributed by atoms with Gasteiger partial charge in [0.2, 0.25) is 5.89 Å². The molecule has 0 bridgehead atoms. The number of halogens is 3. The van der Waals surface area contributed by atoms with Gasteiger partial charge in [-0.25, -0.2) is 9.18 Å². The Bertz CT molecular complexity index is 1020. The van der Waals surface area contributed by atoms with Crippen molar-refractivity contribution >= 4 is 11.7 Å². The predicted octanol–water partition coefficient (Wildman–Crippen LogP) is 3.67. The van der Waals surface area contributed by atoms with Gasteiger partial charge >= 0.3 is 12.5 Å². The number of carbonyl (C=O) groups is 1. The van der Waals surface area contributed by atoms with Crippen LogP contribution in [0.4, 0.5) is 23.7 Å². The minimum Gasteiger partial charge on any atom is -0.415 e.